The second-order valence-electron chi connectivity index (χ2n) is 8.21. The minimum atomic E-state index is -3.33. The van der Waals surface area contributed by atoms with Crippen molar-refractivity contribution in [2.45, 2.75) is 37.2 Å². The summed E-state index contributed by atoms with van der Waals surface area (Å²) < 4.78 is 25.1. The molecule has 1 aromatic carbocycles. The third-order valence-corrected chi connectivity index (χ3v) is 7.18. The van der Waals surface area contributed by atoms with Crippen LogP contribution in [0.5, 0.6) is 0 Å². The Morgan fingerprint density at radius 1 is 1.16 bits per heavy atom. The van der Waals surface area contributed by atoms with E-state index < -0.39 is 9.84 Å². The lowest BCUT2D eigenvalue weighted by atomic mass is 10.2. The molecule has 3 rings (SSSR count). The van der Waals surface area contributed by atoms with Crippen LogP contribution in [0.1, 0.15) is 37.3 Å². The highest BCUT2D eigenvalue weighted by molar-refractivity contribution is 7.91. The summed E-state index contributed by atoms with van der Waals surface area (Å²) in [4.78, 5) is 27.5. The molecule has 31 heavy (non-hydrogen) atoms. The van der Waals surface area contributed by atoms with E-state index in [1.165, 1.54) is 0 Å². The van der Waals surface area contributed by atoms with Gasteiger partial charge in [-0.05, 0) is 32.0 Å². The van der Waals surface area contributed by atoms with Gasteiger partial charge in [-0.3, -0.25) is 9.69 Å². The summed E-state index contributed by atoms with van der Waals surface area (Å²) in [6, 6.07) is 10.3. The van der Waals surface area contributed by atoms with Crippen molar-refractivity contribution < 1.29 is 13.2 Å². The molecular weight excluding hydrogens is 414 g/mol. The highest BCUT2D eigenvalue weighted by Gasteiger charge is 2.30. The second-order valence-corrected chi connectivity index (χ2v) is 10.3. The number of likely N-dealkylation sites (tertiary alicyclic amines) is 1. The summed E-state index contributed by atoms with van der Waals surface area (Å²) in [5, 5.41) is 0. The molecule has 168 valence electrons. The Morgan fingerprint density at radius 2 is 1.87 bits per heavy atom. The van der Waals surface area contributed by atoms with Gasteiger partial charge in [0.25, 0.3) is 0 Å². The SMILES string of the molecule is CC(=O)N1CCCC1c1nc(CN(C)CCS(=O)(=O)c2ccccc2)cc(N(C)C)n1. The summed E-state index contributed by atoms with van der Waals surface area (Å²) in [6.07, 6.45) is 1.79. The molecule has 0 radical (unpaired) electrons. The highest BCUT2D eigenvalue weighted by Crippen LogP contribution is 2.31. The van der Waals surface area contributed by atoms with Crippen LogP contribution < -0.4 is 4.90 Å². The molecule has 9 heteroatoms. The molecule has 1 aromatic heterocycles. The van der Waals surface area contributed by atoms with Crippen molar-refractivity contribution in [3.63, 3.8) is 0 Å². The molecule has 0 spiro atoms. The van der Waals surface area contributed by atoms with E-state index in [1.54, 1.807) is 37.3 Å². The van der Waals surface area contributed by atoms with Crippen molar-refractivity contribution in [1.82, 2.24) is 19.8 Å². The number of hydrogen-bond acceptors (Lipinski definition) is 7. The Labute approximate surface area is 184 Å². The van der Waals surface area contributed by atoms with E-state index >= 15 is 0 Å². The number of hydrogen-bond donors (Lipinski definition) is 0. The fourth-order valence-corrected chi connectivity index (χ4v) is 5.11. The standard InChI is InChI=1S/C22H31N5O3S/c1-17(28)27-12-8-11-20(27)22-23-18(15-21(24-22)25(2)3)16-26(4)13-14-31(29,30)19-9-6-5-7-10-19/h5-7,9-10,15,20H,8,11-14,16H2,1-4H3. The normalized spacial score (nSPS) is 16.7. The minimum Gasteiger partial charge on any atom is -0.363 e. The molecule has 2 heterocycles. The maximum absolute atomic E-state index is 12.6. The number of carbonyl (C=O) groups excluding carboxylic acids is 1. The fourth-order valence-electron chi connectivity index (χ4n) is 3.75. The Morgan fingerprint density at radius 3 is 2.52 bits per heavy atom. The van der Waals surface area contributed by atoms with Crippen LogP contribution >= 0.6 is 0 Å². The predicted molar refractivity (Wildman–Crippen MR) is 121 cm³/mol. The van der Waals surface area contributed by atoms with Gasteiger partial charge in [0.2, 0.25) is 5.91 Å². The lowest BCUT2D eigenvalue weighted by molar-refractivity contribution is -0.129. The van der Waals surface area contributed by atoms with Crippen LogP contribution in [0, 0.1) is 0 Å². The van der Waals surface area contributed by atoms with Crippen molar-refractivity contribution in [3.05, 3.63) is 47.9 Å². The second kappa shape index (κ2) is 9.74. The lowest BCUT2D eigenvalue weighted by Crippen LogP contribution is -2.30. The Balaban J connectivity index is 1.74. The molecule has 1 aliphatic rings. The maximum atomic E-state index is 12.6. The first-order valence-corrected chi connectivity index (χ1v) is 12.1. The summed E-state index contributed by atoms with van der Waals surface area (Å²) in [7, 11) is 2.39. The van der Waals surface area contributed by atoms with Crippen molar-refractivity contribution in [3.8, 4) is 0 Å². The van der Waals surface area contributed by atoms with E-state index in [0.717, 1.165) is 30.9 Å². The molecule has 0 aliphatic carbocycles. The summed E-state index contributed by atoms with van der Waals surface area (Å²) in [5.74, 6) is 1.50. The third kappa shape index (κ3) is 5.80. The molecule has 1 saturated heterocycles. The molecule has 1 aliphatic heterocycles. The van der Waals surface area contributed by atoms with Gasteiger partial charge in [-0.1, -0.05) is 18.2 Å². The molecular formula is C22H31N5O3S. The monoisotopic (exact) mass is 445 g/mol. The number of amides is 1. The number of anilines is 1. The van der Waals surface area contributed by atoms with E-state index in [0.29, 0.717) is 23.8 Å². The number of rotatable bonds is 8. The van der Waals surface area contributed by atoms with Crippen LogP contribution in [-0.4, -0.2) is 74.1 Å². The Bertz CT molecular complexity index is 1010. The average molecular weight is 446 g/mol. The molecule has 0 bridgehead atoms. The van der Waals surface area contributed by atoms with Crippen LogP contribution in [0.3, 0.4) is 0 Å². The molecule has 2 aromatic rings. The van der Waals surface area contributed by atoms with E-state index in [-0.39, 0.29) is 17.7 Å². The summed E-state index contributed by atoms with van der Waals surface area (Å²) >= 11 is 0. The van der Waals surface area contributed by atoms with Gasteiger partial charge in [-0.2, -0.15) is 0 Å². The van der Waals surface area contributed by atoms with Crippen LogP contribution in [-0.2, 0) is 21.2 Å². The first-order valence-electron chi connectivity index (χ1n) is 10.5. The topological polar surface area (TPSA) is 86.7 Å². The number of benzene rings is 1. The quantitative estimate of drug-likeness (QED) is 0.615. The highest BCUT2D eigenvalue weighted by atomic mass is 32.2. The van der Waals surface area contributed by atoms with Crippen molar-refractivity contribution in [1.29, 1.82) is 0 Å². The van der Waals surface area contributed by atoms with Gasteiger partial charge in [-0.15, -0.1) is 0 Å². The maximum Gasteiger partial charge on any atom is 0.220 e. The van der Waals surface area contributed by atoms with Gasteiger partial charge >= 0.3 is 0 Å². The molecule has 1 unspecified atom stereocenters. The fraction of sp³-hybridized carbons (Fsp3) is 0.500. The van der Waals surface area contributed by atoms with E-state index in [2.05, 4.69) is 4.98 Å². The number of sulfone groups is 1. The molecule has 0 N–H and O–H groups in total. The Kier molecular flexibility index (Phi) is 7.27. The number of carbonyl (C=O) groups is 1. The van der Waals surface area contributed by atoms with Gasteiger partial charge in [-0.25, -0.2) is 18.4 Å². The molecule has 8 nitrogen and oxygen atoms in total. The van der Waals surface area contributed by atoms with Crippen molar-refractivity contribution in [2.75, 3.05) is 44.9 Å². The first-order chi connectivity index (χ1) is 14.7. The summed E-state index contributed by atoms with van der Waals surface area (Å²) in [5.41, 5.74) is 0.809. The molecule has 0 saturated carbocycles. The van der Waals surface area contributed by atoms with Crippen molar-refractivity contribution in [2.24, 2.45) is 0 Å². The third-order valence-electron chi connectivity index (χ3n) is 5.47. The van der Waals surface area contributed by atoms with Crippen LogP contribution in [0.2, 0.25) is 0 Å². The average Bonchev–Trinajstić information content (AvgIpc) is 3.23. The van der Waals surface area contributed by atoms with E-state index in [4.69, 9.17) is 4.98 Å². The molecule has 1 atom stereocenters. The first kappa shape index (κ1) is 23.1. The predicted octanol–water partition coefficient (Wildman–Crippen LogP) is 2.13. The van der Waals surface area contributed by atoms with Crippen LogP contribution in [0.25, 0.3) is 0 Å². The van der Waals surface area contributed by atoms with Crippen molar-refractivity contribution >= 4 is 21.6 Å². The number of nitrogens with zero attached hydrogens (tertiary/aromatic N) is 5. The van der Waals surface area contributed by atoms with E-state index in [9.17, 15) is 13.2 Å². The Hall–Kier alpha value is -2.52. The van der Waals surface area contributed by atoms with Crippen LogP contribution in [0.4, 0.5) is 5.82 Å². The summed E-state index contributed by atoms with van der Waals surface area (Å²) in [6.45, 7) is 3.18. The molecule has 1 fully saturated rings. The zero-order valence-electron chi connectivity index (χ0n) is 18.7. The van der Waals surface area contributed by atoms with Crippen LogP contribution in [0.15, 0.2) is 41.3 Å². The number of aromatic nitrogens is 2. The van der Waals surface area contributed by atoms with Gasteiger partial charge in [0.15, 0.2) is 15.7 Å². The minimum absolute atomic E-state index is 0.0335. The van der Waals surface area contributed by atoms with Gasteiger partial charge in [0.1, 0.15) is 5.82 Å². The van der Waals surface area contributed by atoms with Gasteiger partial charge in [0.05, 0.1) is 22.4 Å². The zero-order valence-corrected chi connectivity index (χ0v) is 19.5. The van der Waals surface area contributed by atoms with E-state index in [1.807, 2.05) is 41.9 Å². The zero-order chi connectivity index (χ0) is 22.6. The smallest absolute Gasteiger partial charge is 0.220 e. The molecule has 1 amide bonds. The van der Waals surface area contributed by atoms with Gasteiger partial charge in [0, 0.05) is 46.7 Å². The largest absolute Gasteiger partial charge is 0.363 e. The van der Waals surface area contributed by atoms with Gasteiger partial charge < -0.3 is 9.80 Å². The lowest BCUT2D eigenvalue weighted by Gasteiger charge is -2.24.